The van der Waals surface area contributed by atoms with Crippen LogP contribution in [-0.2, 0) is 9.59 Å². The summed E-state index contributed by atoms with van der Waals surface area (Å²) >= 11 is 0. The van der Waals surface area contributed by atoms with Crippen LogP contribution in [0.4, 0.5) is 0 Å². The summed E-state index contributed by atoms with van der Waals surface area (Å²) in [6.07, 6.45) is 5.99. The van der Waals surface area contributed by atoms with Gasteiger partial charge < -0.3 is 33.6 Å². The number of hydrogen-bond donors (Lipinski definition) is 6. The molecular weight excluding hydrogens is 308 g/mol. The summed E-state index contributed by atoms with van der Waals surface area (Å²) in [5.74, 6) is 0.0985. The lowest BCUT2D eigenvalue weighted by Gasteiger charge is -2.10. The van der Waals surface area contributed by atoms with E-state index >= 15 is 0 Å². The maximum atomic E-state index is 11.6. The van der Waals surface area contributed by atoms with Crippen molar-refractivity contribution in [3.8, 4) is 0 Å². The molecule has 0 radical (unpaired) electrons. The normalized spacial score (nSPS) is 13.3. The Morgan fingerprint density at radius 1 is 0.708 bits per heavy atom. The minimum absolute atomic E-state index is 0.0493. The maximum absolute atomic E-state index is 11.6. The third-order valence-electron chi connectivity index (χ3n) is 3.84. The quantitative estimate of drug-likeness (QED) is 0.207. The molecule has 142 valence electrons. The van der Waals surface area contributed by atoms with Crippen LogP contribution in [0.3, 0.4) is 0 Å². The van der Waals surface area contributed by atoms with Crippen LogP contribution in [0, 0.1) is 0 Å². The van der Waals surface area contributed by atoms with Crippen molar-refractivity contribution in [2.75, 3.05) is 26.2 Å². The van der Waals surface area contributed by atoms with Crippen LogP contribution in [0.15, 0.2) is 0 Å². The molecule has 0 spiro atoms. The van der Waals surface area contributed by atoms with Crippen LogP contribution in [-0.4, -0.2) is 50.1 Å². The van der Waals surface area contributed by atoms with E-state index in [2.05, 4.69) is 10.6 Å². The highest BCUT2D eigenvalue weighted by atomic mass is 16.2. The monoisotopic (exact) mass is 344 g/mol. The Morgan fingerprint density at radius 3 is 1.42 bits per heavy atom. The molecule has 0 bridgehead atoms. The molecule has 0 heterocycles. The number of carbonyl (C=O) groups excluding carboxylic acids is 2. The van der Waals surface area contributed by atoms with Gasteiger partial charge in [0.1, 0.15) is 0 Å². The van der Waals surface area contributed by atoms with Gasteiger partial charge in [0.25, 0.3) is 0 Å². The number of amides is 2. The fourth-order valence-corrected chi connectivity index (χ4v) is 2.13. The van der Waals surface area contributed by atoms with E-state index in [1.54, 1.807) is 0 Å². The number of nitrogens with one attached hydrogen (secondary N) is 2. The molecule has 0 aliphatic carbocycles. The van der Waals surface area contributed by atoms with E-state index in [-0.39, 0.29) is 23.9 Å². The molecule has 0 saturated heterocycles. The molecule has 0 aliphatic rings. The van der Waals surface area contributed by atoms with Crippen molar-refractivity contribution >= 4 is 11.8 Å². The van der Waals surface area contributed by atoms with E-state index in [9.17, 15) is 9.59 Å². The van der Waals surface area contributed by atoms with E-state index in [1.807, 2.05) is 0 Å². The molecule has 0 aromatic heterocycles. The minimum atomic E-state index is -0.0532. The lowest BCUT2D eigenvalue weighted by atomic mass is 10.1. The summed E-state index contributed by atoms with van der Waals surface area (Å²) in [6, 6.07) is -0.106. The molecule has 8 nitrogen and oxygen atoms in total. The van der Waals surface area contributed by atoms with E-state index in [4.69, 9.17) is 22.9 Å². The second kappa shape index (κ2) is 15.3. The van der Waals surface area contributed by atoms with Gasteiger partial charge in [0, 0.05) is 51.1 Å². The zero-order chi connectivity index (χ0) is 18.2. The third kappa shape index (κ3) is 14.4. The first-order valence-electron chi connectivity index (χ1n) is 8.94. The molecule has 2 unspecified atom stereocenters. The highest BCUT2D eigenvalue weighted by Gasteiger charge is 2.05. The number of nitrogens with two attached hydrogens (primary N) is 4. The standard InChI is InChI=1S/C16H36N6O2/c17-11-13(19)7-9-21-15(23)5-3-1-2-4-6-16(24)22-10-8-14(20)12-18/h13-14H,1-12,17-20H2,(H,21,23)(H,22,24). The first kappa shape index (κ1) is 22.8. The summed E-state index contributed by atoms with van der Waals surface area (Å²) in [7, 11) is 0. The highest BCUT2D eigenvalue weighted by molar-refractivity contribution is 5.76. The molecule has 0 rings (SSSR count). The van der Waals surface area contributed by atoms with Crippen molar-refractivity contribution in [2.45, 2.75) is 63.5 Å². The van der Waals surface area contributed by atoms with Crippen LogP contribution in [0.25, 0.3) is 0 Å². The zero-order valence-corrected chi connectivity index (χ0v) is 14.8. The van der Waals surface area contributed by atoms with E-state index in [0.717, 1.165) is 25.7 Å². The molecule has 10 N–H and O–H groups in total. The first-order chi connectivity index (χ1) is 11.5. The Labute approximate surface area is 145 Å². The van der Waals surface area contributed by atoms with Crippen molar-refractivity contribution < 1.29 is 9.59 Å². The van der Waals surface area contributed by atoms with E-state index in [1.165, 1.54) is 0 Å². The number of carbonyl (C=O) groups is 2. The number of rotatable bonds is 15. The Hall–Kier alpha value is -1.22. The third-order valence-corrected chi connectivity index (χ3v) is 3.84. The predicted molar refractivity (Wildman–Crippen MR) is 97.0 cm³/mol. The van der Waals surface area contributed by atoms with Gasteiger partial charge in [0.05, 0.1) is 0 Å². The summed E-state index contributed by atoms with van der Waals surface area (Å²) < 4.78 is 0. The highest BCUT2D eigenvalue weighted by Crippen LogP contribution is 2.05. The Balaban J connectivity index is 3.40. The van der Waals surface area contributed by atoms with Crippen molar-refractivity contribution in [3.05, 3.63) is 0 Å². The molecule has 2 amide bonds. The van der Waals surface area contributed by atoms with Crippen molar-refractivity contribution in [2.24, 2.45) is 22.9 Å². The molecular formula is C16H36N6O2. The SMILES string of the molecule is NCC(N)CCNC(=O)CCCCCCC(=O)NCCC(N)CN. The second-order valence-corrected chi connectivity index (χ2v) is 6.18. The minimum Gasteiger partial charge on any atom is -0.356 e. The average Bonchev–Trinajstić information content (AvgIpc) is 2.57. The molecule has 24 heavy (non-hydrogen) atoms. The largest absolute Gasteiger partial charge is 0.356 e. The van der Waals surface area contributed by atoms with Gasteiger partial charge in [0.2, 0.25) is 11.8 Å². The molecule has 0 aromatic rings. The fraction of sp³-hybridized carbons (Fsp3) is 0.875. The van der Waals surface area contributed by atoms with Gasteiger partial charge >= 0.3 is 0 Å². The Morgan fingerprint density at radius 2 is 1.08 bits per heavy atom. The smallest absolute Gasteiger partial charge is 0.219 e. The van der Waals surface area contributed by atoms with Gasteiger partial charge in [0.15, 0.2) is 0 Å². The zero-order valence-electron chi connectivity index (χ0n) is 14.8. The van der Waals surface area contributed by atoms with E-state index in [0.29, 0.717) is 51.9 Å². The lowest BCUT2D eigenvalue weighted by Crippen LogP contribution is -2.35. The van der Waals surface area contributed by atoms with Gasteiger partial charge in [-0.3, -0.25) is 9.59 Å². The van der Waals surface area contributed by atoms with Crippen LogP contribution >= 0.6 is 0 Å². The van der Waals surface area contributed by atoms with Crippen molar-refractivity contribution in [1.82, 2.24) is 10.6 Å². The molecule has 0 saturated carbocycles. The summed E-state index contributed by atoms with van der Waals surface area (Å²) in [5.41, 5.74) is 22.2. The predicted octanol–water partition coefficient (Wildman–Crippen LogP) is -1.09. The fourth-order valence-electron chi connectivity index (χ4n) is 2.13. The topological polar surface area (TPSA) is 162 Å². The lowest BCUT2D eigenvalue weighted by molar-refractivity contribution is -0.122. The maximum Gasteiger partial charge on any atom is 0.219 e. The first-order valence-corrected chi connectivity index (χ1v) is 8.94. The van der Waals surface area contributed by atoms with Crippen molar-refractivity contribution in [3.63, 3.8) is 0 Å². The second-order valence-electron chi connectivity index (χ2n) is 6.18. The molecule has 0 aromatic carbocycles. The number of unbranched alkanes of at least 4 members (excludes halogenated alkanes) is 3. The molecule has 0 aliphatic heterocycles. The van der Waals surface area contributed by atoms with Gasteiger partial charge in [-0.15, -0.1) is 0 Å². The summed E-state index contributed by atoms with van der Waals surface area (Å²) in [4.78, 5) is 23.2. The van der Waals surface area contributed by atoms with Crippen molar-refractivity contribution in [1.29, 1.82) is 0 Å². The molecule has 2 atom stereocenters. The number of hydrogen-bond acceptors (Lipinski definition) is 6. The summed E-state index contributed by atoms with van der Waals surface area (Å²) in [5, 5.41) is 5.67. The molecule has 8 heteroatoms. The Bertz CT molecular complexity index is 309. The van der Waals surface area contributed by atoms with Crippen LogP contribution in [0.2, 0.25) is 0 Å². The average molecular weight is 345 g/mol. The molecule has 0 fully saturated rings. The van der Waals surface area contributed by atoms with Crippen LogP contribution < -0.4 is 33.6 Å². The van der Waals surface area contributed by atoms with Crippen LogP contribution in [0.5, 0.6) is 0 Å². The van der Waals surface area contributed by atoms with Crippen LogP contribution in [0.1, 0.15) is 51.4 Å². The summed E-state index contributed by atoms with van der Waals surface area (Å²) in [6.45, 7) is 2.02. The van der Waals surface area contributed by atoms with Gasteiger partial charge in [-0.05, 0) is 25.7 Å². The van der Waals surface area contributed by atoms with E-state index < -0.39 is 0 Å². The van der Waals surface area contributed by atoms with Gasteiger partial charge in [-0.2, -0.15) is 0 Å². The van der Waals surface area contributed by atoms with Gasteiger partial charge in [-0.1, -0.05) is 12.8 Å². The Kier molecular flexibility index (Phi) is 14.5. The van der Waals surface area contributed by atoms with Gasteiger partial charge in [-0.25, -0.2) is 0 Å².